The molecule has 4 nitrogen and oxygen atoms in total. The van der Waals surface area contributed by atoms with Gasteiger partial charge in [0, 0.05) is 13.1 Å². The molecular formula is C13H17F3N2O2S. The van der Waals surface area contributed by atoms with Crippen molar-refractivity contribution < 1.29 is 21.6 Å². The molecule has 118 valence electrons. The van der Waals surface area contributed by atoms with Crippen LogP contribution in [-0.2, 0) is 16.2 Å². The fraction of sp³-hybridized carbons (Fsp3) is 0.538. The standard InChI is InChI=1S/C13H17F3N2O2S/c1-18(11-5-7-17-8-6-11)21(19,20)12-4-2-3-10(9-12)13(14,15)16/h2-4,9,11,17H,5-8H2,1H3. The summed E-state index contributed by atoms with van der Waals surface area (Å²) in [4.78, 5) is -0.321. The maximum atomic E-state index is 12.7. The van der Waals surface area contributed by atoms with E-state index in [0.717, 1.165) is 12.1 Å². The molecule has 0 bridgehead atoms. The Hall–Kier alpha value is -1.12. The van der Waals surface area contributed by atoms with Crippen LogP contribution in [0.1, 0.15) is 18.4 Å². The molecular weight excluding hydrogens is 305 g/mol. The third-order valence-corrected chi connectivity index (χ3v) is 5.57. The van der Waals surface area contributed by atoms with Crippen LogP contribution in [0.3, 0.4) is 0 Å². The molecule has 1 aromatic carbocycles. The predicted molar refractivity (Wildman–Crippen MR) is 72.3 cm³/mol. The van der Waals surface area contributed by atoms with Crippen LogP contribution in [0.4, 0.5) is 13.2 Å². The minimum atomic E-state index is -4.56. The first-order chi connectivity index (χ1) is 9.73. The Balaban J connectivity index is 2.30. The van der Waals surface area contributed by atoms with Crippen molar-refractivity contribution in [2.24, 2.45) is 0 Å². The number of alkyl halides is 3. The van der Waals surface area contributed by atoms with E-state index in [9.17, 15) is 21.6 Å². The highest BCUT2D eigenvalue weighted by molar-refractivity contribution is 7.89. The third-order valence-electron chi connectivity index (χ3n) is 3.66. The Morgan fingerprint density at radius 1 is 1.24 bits per heavy atom. The van der Waals surface area contributed by atoms with Gasteiger partial charge in [-0.3, -0.25) is 0 Å². The summed E-state index contributed by atoms with van der Waals surface area (Å²) in [6, 6.07) is 3.68. The van der Waals surface area contributed by atoms with E-state index in [-0.39, 0.29) is 10.9 Å². The van der Waals surface area contributed by atoms with Crippen LogP contribution in [-0.4, -0.2) is 38.9 Å². The van der Waals surface area contributed by atoms with Gasteiger partial charge in [0.05, 0.1) is 10.5 Å². The van der Waals surface area contributed by atoms with Gasteiger partial charge in [0.1, 0.15) is 0 Å². The molecule has 1 aliphatic rings. The summed E-state index contributed by atoms with van der Waals surface area (Å²) in [6.07, 6.45) is -3.26. The molecule has 8 heteroatoms. The van der Waals surface area contributed by atoms with E-state index in [4.69, 9.17) is 0 Å². The Morgan fingerprint density at radius 3 is 2.43 bits per heavy atom. The van der Waals surface area contributed by atoms with Crippen molar-refractivity contribution in [1.29, 1.82) is 0 Å². The fourth-order valence-corrected chi connectivity index (χ4v) is 3.83. The van der Waals surface area contributed by atoms with E-state index in [1.807, 2.05) is 0 Å². The van der Waals surface area contributed by atoms with Crippen LogP contribution >= 0.6 is 0 Å². The van der Waals surface area contributed by atoms with Crippen molar-refractivity contribution in [2.45, 2.75) is 30.0 Å². The minimum absolute atomic E-state index is 0.189. The van der Waals surface area contributed by atoms with E-state index < -0.39 is 21.8 Å². The summed E-state index contributed by atoms with van der Waals surface area (Å²) < 4.78 is 64.2. The van der Waals surface area contributed by atoms with Gasteiger partial charge in [0.15, 0.2) is 0 Å². The highest BCUT2D eigenvalue weighted by Gasteiger charge is 2.34. The zero-order chi connectivity index (χ0) is 15.7. The van der Waals surface area contributed by atoms with E-state index in [1.54, 1.807) is 0 Å². The smallest absolute Gasteiger partial charge is 0.317 e. The topological polar surface area (TPSA) is 49.4 Å². The van der Waals surface area contributed by atoms with Crippen LogP contribution in [0.5, 0.6) is 0 Å². The lowest BCUT2D eigenvalue weighted by molar-refractivity contribution is -0.137. The predicted octanol–water partition coefficient (Wildman–Crippen LogP) is 2.08. The number of hydrogen-bond donors (Lipinski definition) is 1. The van der Waals surface area contributed by atoms with Gasteiger partial charge < -0.3 is 5.32 Å². The fourth-order valence-electron chi connectivity index (χ4n) is 2.37. The van der Waals surface area contributed by atoms with Gasteiger partial charge in [-0.05, 0) is 44.1 Å². The number of benzene rings is 1. The van der Waals surface area contributed by atoms with E-state index in [1.165, 1.54) is 17.4 Å². The molecule has 0 saturated carbocycles. The number of sulfonamides is 1. The zero-order valence-electron chi connectivity index (χ0n) is 11.5. The molecule has 21 heavy (non-hydrogen) atoms. The molecule has 1 aromatic rings. The van der Waals surface area contributed by atoms with Gasteiger partial charge in [-0.2, -0.15) is 17.5 Å². The average molecular weight is 322 g/mol. The normalized spacial score (nSPS) is 18.1. The molecule has 0 amide bonds. The Kier molecular flexibility index (Phi) is 4.60. The third kappa shape index (κ3) is 3.56. The van der Waals surface area contributed by atoms with Crippen LogP contribution < -0.4 is 5.32 Å². The van der Waals surface area contributed by atoms with Gasteiger partial charge in [-0.25, -0.2) is 8.42 Å². The number of hydrogen-bond acceptors (Lipinski definition) is 3. The lowest BCUT2D eigenvalue weighted by atomic mass is 10.1. The second-order valence-electron chi connectivity index (χ2n) is 5.03. The molecule has 0 radical (unpaired) electrons. The lowest BCUT2D eigenvalue weighted by Crippen LogP contribution is -2.43. The molecule has 0 unspecified atom stereocenters. The maximum Gasteiger partial charge on any atom is 0.416 e. The van der Waals surface area contributed by atoms with Gasteiger partial charge in [-0.15, -0.1) is 0 Å². The van der Waals surface area contributed by atoms with Crippen molar-refractivity contribution >= 4 is 10.0 Å². The summed E-state index contributed by atoms with van der Waals surface area (Å²) in [5.74, 6) is 0. The Bertz CT molecular complexity index is 596. The van der Waals surface area contributed by atoms with Crippen molar-refractivity contribution in [3.8, 4) is 0 Å². The summed E-state index contributed by atoms with van der Waals surface area (Å²) in [7, 11) is -2.49. The van der Waals surface area contributed by atoms with Crippen LogP contribution in [0, 0.1) is 0 Å². The molecule has 1 heterocycles. The summed E-state index contributed by atoms with van der Waals surface area (Å²) >= 11 is 0. The first-order valence-electron chi connectivity index (χ1n) is 6.59. The molecule has 0 spiro atoms. The number of nitrogens with one attached hydrogen (secondary N) is 1. The highest BCUT2D eigenvalue weighted by atomic mass is 32.2. The van der Waals surface area contributed by atoms with Crippen molar-refractivity contribution in [2.75, 3.05) is 20.1 Å². The van der Waals surface area contributed by atoms with Crippen LogP contribution in [0.2, 0.25) is 0 Å². The molecule has 0 aliphatic carbocycles. The summed E-state index contributed by atoms with van der Waals surface area (Å²) in [5.41, 5.74) is -0.956. The number of nitrogens with zero attached hydrogens (tertiary/aromatic N) is 1. The number of piperidine rings is 1. The highest BCUT2D eigenvalue weighted by Crippen LogP contribution is 2.31. The first kappa shape index (κ1) is 16.3. The minimum Gasteiger partial charge on any atom is -0.317 e. The van der Waals surface area contributed by atoms with Crippen molar-refractivity contribution in [1.82, 2.24) is 9.62 Å². The average Bonchev–Trinajstić information content (AvgIpc) is 2.46. The molecule has 1 fully saturated rings. The Labute approximate surface area is 122 Å². The number of rotatable bonds is 3. The SMILES string of the molecule is CN(C1CCNCC1)S(=O)(=O)c1cccc(C(F)(F)F)c1. The lowest BCUT2D eigenvalue weighted by Gasteiger charge is -2.30. The molecule has 0 atom stereocenters. The molecule has 2 rings (SSSR count). The molecule has 1 N–H and O–H groups in total. The second-order valence-corrected chi connectivity index (χ2v) is 7.03. The molecule has 1 saturated heterocycles. The monoisotopic (exact) mass is 322 g/mol. The summed E-state index contributed by atoms with van der Waals surface area (Å²) in [5, 5.41) is 3.12. The Morgan fingerprint density at radius 2 is 1.86 bits per heavy atom. The van der Waals surface area contributed by atoms with Gasteiger partial charge in [0.25, 0.3) is 0 Å². The summed E-state index contributed by atoms with van der Waals surface area (Å²) in [6.45, 7) is 1.40. The number of halogens is 3. The molecule has 0 aromatic heterocycles. The van der Waals surface area contributed by atoms with Crippen molar-refractivity contribution in [3.63, 3.8) is 0 Å². The van der Waals surface area contributed by atoms with E-state index in [2.05, 4.69) is 5.32 Å². The first-order valence-corrected chi connectivity index (χ1v) is 8.03. The van der Waals surface area contributed by atoms with E-state index >= 15 is 0 Å². The van der Waals surface area contributed by atoms with Gasteiger partial charge >= 0.3 is 6.18 Å². The van der Waals surface area contributed by atoms with Gasteiger partial charge in [-0.1, -0.05) is 6.07 Å². The van der Waals surface area contributed by atoms with Crippen LogP contribution in [0.25, 0.3) is 0 Å². The van der Waals surface area contributed by atoms with Crippen molar-refractivity contribution in [3.05, 3.63) is 29.8 Å². The van der Waals surface area contributed by atoms with Gasteiger partial charge in [0.2, 0.25) is 10.0 Å². The second kappa shape index (κ2) is 5.94. The quantitative estimate of drug-likeness (QED) is 0.927. The van der Waals surface area contributed by atoms with Crippen LogP contribution in [0.15, 0.2) is 29.2 Å². The maximum absolute atomic E-state index is 12.7. The largest absolute Gasteiger partial charge is 0.416 e. The molecule has 1 aliphatic heterocycles. The van der Waals surface area contributed by atoms with E-state index in [0.29, 0.717) is 32.0 Å². The zero-order valence-corrected chi connectivity index (χ0v) is 12.3.